The zero-order chi connectivity index (χ0) is 7.84. The van der Waals surface area contributed by atoms with Gasteiger partial charge in [-0.15, -0.1) is 0 Å². The van der Waals surface area contributed by atoms with E-state index in [0.29, 0.717) is 17.6 Å². The average Bonchev–Trinajstić information content (AvgIpc) is 2.30. The third kappa shape index (κ3) is 0.953. The summed E-state index contributed by atoms with van der Waals surface area (Å²) in [6, 6.07) is 0. The molecule has 2 aliphatic rings. The van der Waals surface area contributed by atoms with E-state index in [1.165, 1.54) is 0 Å². The highest BCUT2D eigenvalue weighted by molar-refractivity contribution is 5.98. The summed E-state index contributed by atoms with van der Waals surface area (Å²) < 4.78 is 0. The van der Waals surface area contributed by atoms with Crippen LogP contribution in [0.15, 0.2) is 23.8 Å². The van der Waals surface area contributed by atoms with Gasteiger partial charge in [0.05, 0.1) is 0 Å². The van der Waals surface area contributed by atoms with Gasteiger partial charge in [0.15, 0.2) is 5.78 Å². The van der Waals surface area contributed by atoms with Gasteiger partial charge in [-0.05, 0) is 23.8 Å². The molecular weight excluding hydrogens is 136 g/mol. The van der Waals surface area contributed by atoms with E-state index >= 15 is 0 Å². The first-order valence-corrected chi connectivity index (χ1v) is 4.19. The normalized spacial score (nSPS) is 35.4. The Hall–Kier alpha value is -0.850. The van der Waals surface area contributed by atoms with E-state index in [2.05, 4.69) is 13.0 Å². The van der Waals surface area contributed by atoms with Gasteiger partial charge in [0.1, 0.15) is 0 Å². The smallest absolute Gasteiger partial charge is 0.159 e. The number of hydrogen-bond donors (Lipinski definition) is 0. The van der Waals surface area contributed by atoms with Gasteiger partial charge in [0.2, 0.25) is 0 Å². The fourth-order valence-electron chi connectivity index (χ4n) is 2.04. The molecule has 1 fully saturated rings. The van der Waals surface area contributed by atoms with Crippen molar-refractivity contribution in [1.29, 1.82) is 0 Å². The highest BCUT2D eigenvalue weighted by atomic mass is 16.1. The van der Waals surface area contributed by atoms with Gasteiger partial charge in [-0.3, -0.25) is 4.79 Å². The maximum absolute atomic E-state index is 11.3. The molecule has 58 valence electrons. The van der Waals surface area contributed by atoms with E-state index < -0.39 is 0 Å². The van der Waals surface area contributed by atoms with Crippen molar-refractivity contribution in [2.24, 2.45) is 11.8 Å². The molecule has 0 spiro atoms. The molecule has 0 aliphatic heterocycles. The molecule has 0 amide bonds. The first-order valence-electron chi connectivity index (χ1n) is 4.19. The highest BCUT2D eigenvalue weighted by Gasteiger charge is 2.34. The number of carbonyl (C=O) groups is 1. The van der Waals surface area contributed by atoms with Gasteiger partial charge < -0.3 is 0 Å². The molecule has 0 bridgehead atoms. The van der Waals surface area contributed by atoms with Gasteiger partial charge >= 0.3 is 0 Å². The van der Waals surface area contributed by atoms with Crippen LogP contribution in [0, 0.1) is 11.8 Å². The largest absolute Gasteiger partial charge is 0.295 e. The van der Waals surface area contributed by atoms with Gasteiger partial charge in [0.25, 0.3) is 0 Å². The first-order chi connectivity index (χ1) is 5.29. The van der Waals surface area contributed by atoms with Crippen LogP contribution in [-0.2, 0) is 4.79 Å². The summed E-state index contributed by atoms with van der Waals surface area (Å²) in [4.78, 5) is 11.3. The Balaban J connectivity index is 2.34. The Labute approximate surface area is 66.8 Å². The summed E-state index contributed by atoms with van der Waals surface area (Å²) in [6.45, 7) is 2.17. The number of hydrogen-bond acceptors (Lipinski definition) is 1. The summed E-state index contributed by atoms with van der Waals surface area (Å²) in [5.41, 5.74) is 1.07. The van der Waals surface area contributed by atoms with Crippen molar-refractivity contribution in [1.82, 2.24) is 0 Å². The van der Waals surface area contributed by atoms with E-state index in [-0.39, 0.29) is 0 Å². The number of carbonyl (C=O) groups excluding carboxylic acids is 1. The van der Waals surface area contributed by atoms with Crippen LogP contribution in [0.2, 0.25) is 0 Å². The Bertz CT molecular complexity index is 248. The van der Waals surface area contributed by atoms with Crippen molar-refractivity contribution in [3.63, 3.8) is 0 Å². The summed E-state index contributed by atoms with van der Waals surface area (Å²) in [7, 11) is 0. The summed E-state index contributed by atoms with van der Waals surface area (Å²) in [5, 5.41) is 0. The lowest BCUT2D eigenvalue weighted by Gasteiger charge is -2.15. The van der Waals surface area contributed by atoms with Crippen LogP contribution in [0.3, 0.4) is 0 Å². The monoisotopic (exact) mass is 148 g/mol. The van der Waals surface area contributed by atoms with Gasteiger partial charge in [-0.1, -0.05) is 25.2 Å². The minimum absolute atomic E-state index is 0.367. The third-order valence-corrected chi connectivity index (χ3v) is 2.72. The predicted molar refractivity (Wildman–Crippen MR) is 44.1 cm³/mol. The number of Topliss-reactive ketones (excluding diaryl/α,β-unsaturated/α-hetero) is 1. The van der Waals surface area contributed by atoms with E-state index in [0.717, 1.165) is 18.4 Å². The van der Waals surface area contributed by atoms with Crippen LogP contribution in [0.1, 0.15) is 19.8 Å². The number of fused-ring (bicyclic) bond motifs is 1. The van der Waals surface area contributed by atoms with Gasteiger partial charge in [-0.25, -0.2) is 0 Å². The lowest BCUT2D eigenvalue weighted by atomic mass is 9.89. The fraction of sp³-hybridized carbons (Fsp3) is 0.500. The second-order valence-corrected chi connectivity index (χ2v) is 3.50. The molecule has 2 unspecified atom stereocenters. The second-order valence-electron chi connectivity index (χ2n) is 3.50. The fourth-order valence-corrected chi connectivity index (χ4v) is 2.04. The average molecular weight is 148 g/mol. The van der Waals surface area contributed by atoms with Crippen molar-refractivity contribution >= 4 is 5.78 Å². The van der Waals surface area contributed by atoms with E-state index in [9.17, 15) is 4.79 Å². The minimum Gasteiger partial charge on any atom is -0.295 e. The molecule has 0 aromatic rings. The van der Waals surface area contributed by atoms with Crippen LogP contribution in [0.4, 0.5) is 0 Å². The van der Waals surface area contributed by atoms with Crippen molar-refractivity contribution in [2.45, 2.75) is 19.8 Å². The molecule has 1 nitrogen and oxygen atoms in total. The topological polar surface area (TPSA) is 17.1 Å². The van der Waals surface area contributed by atoms with E-state index in [4.69, 9.17) is 0 Å². The first kappa shape index (κ1) is 6.84. The third-order valence-electron chi connectivity index (χ3n) is 2.72. The minimum atomic E-state index is 0.367. The summed E-state index contributed by atoms with van der Waals surface area (Å²) in [6.07, 6.45) is 7.97. The van der Waals surface area contributed by atoms with Gasteiger partial charge in [-0.2, -0.15) is 0 Å². The SMILES string of the molecule is CC1CC(=O)C2=CC=CCC21. The summed E-state index contributed by atoms with van der Waals surface area (Å²) >= 11 is 0. The number of allylic oxidation sites excluding steroid dienone is 4. The molecule has 2 rings (SSSR count). The predicted octanol–water partition coefficient (Wildman–Crippen LogP) is 2.10. The molecule has 1 heteroatoms. The van der Waals surface area contributed by atoms with Crippen LogP contribution in [0.25, 0.3) is 0 Å². The molecule has 2 atom stereocenters. The maximum atomic E-state index is 11.3. The standard InChI is InChI=1S/C10H12O/c1-7-6-10(11)9-5-3-2-4-8(7)9/h2-3,5,7-8H,4,6H2,1H3. The molecule has 0 saturated heterocycles. The Morgan fingerprint density at radius 1 is 1.55 bits per heavy atom. The molecule has 0 aromatic carbocycles. The van der Waals surface area contributed by atoms with Crippen molar-refractivity contribution in [3.8, 4) is 0 Å². The lowest BCUT2D eigenvalue weighted by Crippen LogP contribution is -2.07. The number of ketones is 1. The van der Waals surface area contributed by atoms with E-state index in [1.54, 1.807) is 0 Å². The molecule has 0 heterocycles. The second kappa shape index (κ2) is 2.33. The molecule has 2 aliphatic carbocycles. The molecule has 11 heavy (non-hydrogen) atoms. The molecule has 0 N–H and O–H groups in total. The molecule has 0 radical (unpaired) electrons. The maximum Gasteiger partial charge on any atom is 0.159 e. The molecule has 1 saturated carbocycles. The van der Waals surface area contributed by atoms with Crippen molar-refractivity contribution in [3.05, 3.63) is 23.8 Å². The number of rotatable bonds is 0. The zero-order valence-electron chi connectivity index (χ0n) is 6.71. The Morgan fingerprint density at radius 3 is 3.09 bits per heavy atom. The highest BCUT2D eigenvalue weighted by Crippen LogP contribution is 2.37. The van der Waals surface area contributed by atoms with Crippen LogP contribution < -0.4 is 0 Å². The van der Waals surface area contributed by atoms with Crippen LogP contribution >= 0.6 is 0 Å². The lowest BCUT2D eigenvalue weighted by molar-refractivity contribution is -0.114. The van der Waals surface area contributed by atoms with Crippen LogP contribution in [-0.4, -0.2) is 5.78 Å². The molecule has 0 aromatic heterocycles. The van der Waals surface area contributed by atoms with Gasteiger partial charge in [0, 0.05) is 6.42 Å². The van der Waals surface area contributed by atoms with Crippen molar-refractivity contribution in [2.75, 3.05) is 0 Å². The quantitative estimate of drug-likeness (QED) is 0.514. The Kier molecular flexibility index (Phi) is 1.45. The van der Waals surface area contributed by atoms with Crippen molar-refractivity contribution < 1.29 is 4.79 Å². The molecular formula is C10H12O. The Morgan fingerprint density at radius 2 is 2.36 bits per heavy atom. The van der Waals surface area contributed by atoms with E-state index in [1.807, 2.05) is 12.2 Å². The van der Waals surface area contributed by atoms with Crippen LogP contribution in [0.5, 0.6) is 0 Å². The summed E-state index contributed by atoms with van der Waals surface area (Å²) in [5.74, 6) is 1.47. The zero-order valence-corrected chi connectivity index (χ0v) is 6.71.